The van der Waals surface area contributed by atoms with E-state index in [1.165, 1.54) is 5.56 Å². The standard InChI is InChI=1S/C27H36N4O5.2ClH/c1-33-18-24-22-7-6-21(34-2)16-23(22)27(30-29-24)28-20-9-11-31(12-10-20)17-19-5-8-25(26(15-19)35-3)36-14-4-13-32;;/h5-8,15-16,20,32H,4,9-14,17-18H2,1-3H3,(H,28,30);2*1H. The van der Waals surface area contributed by atoms with E-state index in [0.29, 0.717) is 31.4 Å². The fourth-order valence-electron chi connectivity index (χ4n) is 4.53. The van der Waals surface area contributed by atoms with Gasteiger partial charge in [-0.1, -0.05) is 6.07 Å². The van der Waals surface area contributed by atoms with Gasteiger partial charge in [0.1, 0.15) is 5.75 Å². The van der Waals surface area contributed by atoms with Crippen molar-refractivity contribution in [2.45, 2.75) is 38.5 Å². The van der Waals surface area contributed by atoms with Crippen LogP contribution in [0.4, 0.5) is 5.82 Å². The van der Waals surface area contributed by atoms with Crippen LogP contribution in [-0.4, -0.2) is 73.9 Å². The molecule has 0 aliphatic carbocycles. The number of likely N-dealkylation sites (tertiary alicyclic amines) is 1. The third-order valence-electron chi connectivity index (χ3n) is 6.47. The molecule has 1 aromatic heterocycles. The number of halogens is 2. The maximum absolute atomic E-state index is 8.96. The molecular formula is C27H38Cl2N4O5. The van der Waals surface area contributed by atoms with Gasteiger partial charge in [-0.25, -0.2) is 0 Å². The molecule has 2 N–H and O–H groups in total. The van der Waals surface area contributed by atoms with Crippen molar-refractivity contribution < 1.29 is 24.1 Å². The minimum absolute atomic E-state index is 0. The Balaban J connectivity index is 0.00000253. The van der Waals surface area contributed by atoms with Gasteiger partial charge in [0.2, 0.25) is 0 Å². The molecule has 4 rings (SSSR count). The predicted octanol–water partition coefficient (Wildman–Crippen LogP) is 4.47. The zero-order chi connectivity index (χ0) is 25.3. The van der Waals surface area contributed by atoms with E-state index in [1.54, 1.807) is 21.3 Å². The Labute approximate surface area is 236 Å². The summed E-state index contributed by atoms with van der Waals surface area (Å²) in [7, 11) is 4.98. The van der Waals surface area contributed by atoms with Gasteiger partial charge in [-0.2, -0.15) is 5.10 Å². The summed E-state index contributed by atoms with van der Waals surface area (Å²) >= 11 is 0. The van der Waals surface area contributed by atoms with E-state index in [9.17, 15) is 0 Å². The Morgan fingerprint density at radius 2 is 1.74 bits per heavy atom. The summed E-state index contributed by atoms with van der Waals surface area (Å²) in [5.74, 6) is 3.00. The van der Waals surface area contributed by atoms with Crippen LogP contribution < -0.4 is 19.5 Å². The quantitative estimate of drug-likeness (QED) is 0.306. The minimum Gasteiger partial charge on any atom is -0.497 e. The molecule has 0 radical (unpaired) electrons. The fraction of sp³-hybridized carbons (Fsp3) is 0.481. The minimum atomic E-state index is 0. The number of anilines is 1. The molecule has 0 atom stereocenters. The third-order valence-corrected chi connectivity index (χ3v) is 6.47. The van der Waals surface area contributed by atoms with Gasteiger partial charge in [0.05, 0.1) is 33.1 Å². The molecule has 0 bridgehead atoms. The number of nitrogens with one attached hydrogen (secondary N) is 1. The number of hydrogen-bond acceptors (Lipinski definition) is 9. The van der Waals surface area contributed by atoms with E-state index in [-0.39, 0.29) is 31.4 Å². The molecule has 2 heterocycles. The molecule has 0 unspecified atom stereocenters. The Hall–Kier alpha value is -2.56. The SMILES string of the molecule is COCc1nnc(NC2CCN(Cc3ccc(OCCCO)c(OC)c3)CC2)c2cc(OC)ccc12.Cl.Cl. The molecule has 1 aliphatic rings. The van der Waals surface area contributed by atoms with E-state index in [1.807, 2.05) is 30.3 Å². The van der Waals surface area contributed by atoms with E-state index < -0.39 is 0 Å². The number of piperidine rings is 1. The number of benzene rings is 2. The Morgan fingerprint density at radius 3 is 2.42 bits per heavy atom. The van der Waals surface area contributed by atoms with Crippen LogP contribution in [-0.2, 0) is 17.9 Å². The number of fused-ring (bicyclic) bond motifs is 1. The average Bonchev–Trinajstić information content (AvgIpc) is 2.91. The molecule has 2 aromatic carbocycles. The molecule has 3 aromatic rings. The number of rotatable bonds is 12. The van der Waals surface area contributed by atoms with Gasteiger partial charge in [0.15, 0.2) is 17.3 Å². The van der Waals surface area contributed by atoms with Gasteiger partial charge >= 0.3 is 0 Å². The average molecular weight is 570 g/mol. The summed E-state index contributed by atoms with van der Waals surface area (Å²) < 4.78 is 22.0. The second-order valence-corrected chi connectivity index (χ2v) is 8.95. The summed E-state index contributed by atoms with van der Waals surface area (Å²) in [4.78, 5) is 2.45. The normalized spacial score (nSPS) is 13.9. The number of nitrogens with zero attached hydrogens (tertiary/aromatic N) is 3. The highest BCUT2D eigenvalue weighted by molar-refractivity contribution is 5.94. The highest BCUT2D eigenvalue weighted by Crippen LogP contribution is 2.31. The third kappa shape index (κ3) is 7.97. The van der Waals surface area contributed by atoms with Crippen molar-refractivity contribution in [1.29, 1.82) is 0 Å². The van der Waals surface area contributed by atoms with Crippen LogP contribution in [0.3, 0.4) is 0 Å². The number of methoxy groups -OCH3 is 3. The van der Waals surface area contributed by atoms with Crippen LogP contribution in [0.2, 0.25) is 0 Å². The first kappa shape index (κ1) is 31.7. The second-order valence-electron chi connectivity index (χ2n) is 8.95. The first-order valence-corrected chi connectivity index (χ1v) is 12.4. The number of hydrogen-bond donors (Lipinski definition) is 2. The second kappa shape index (κ2) is 15.8. The van der Waals surface area contributed by atoms with Crippen molar-refractivity contribution in [2.24, 2.45) is 0 Å². The van der Waals surface area contributed by atoms with Crippen molar-refractivity contribution in [3.8, 4) is 17.2 Å². The van der Waals surface area contributed by atoms with E-state index in [2.05, 4.69) is 26.5 Å². The summed E-state index contributed by atoms with van der Waals surface area (Å²) in [6.45, 7) is 3.80. The van der Waals surface area contributed by atoms with E-state index in [0.717, 1.165) is 66.3 Å². The molecule has 11 heteroatoms. The summed E-state index contributed by atoms with van der Waals surface area (Å²) in [5, 5.41) is 23.5. The smallest absolute Gasteiger partial charge is 0.161 e. The molecule has 1 saturated heterocycles. The van der Waals surface area contributed by atoms with Crippen LogP contribution in [0.5, 0.6) is 17.2 Å². The number of ether oxygens (including phenoxy) is 4. The molecular weight excluding hydrogens is 531 g/mol. The molecule has 9 nitrogen and oxygen atoms in total. The van der Waals surface area contributed by atoms with Crippen LogP contribution in [0.15, 0.2) is 36.4 Å². The van der Waals surface area contributed by atoms with Crippen molar-refractivity contribution in [3.63, 3.8) is 0 Å². The van der Waals surface area contributed by atoms with Gasteiger partial charge < -0.3 is 29.4 Å². The lowest BCUT2D eigenvalue weighted by Crippen LogP contribution is -2.38. The summed E-state index contributed by atoms with van der Waals surface area (Å²) in [6.07, 6.45) is 2.61. The molecule has 0 saturated carbocycles. The van der Waals surface area contributed by atoms with Crippen LogP contribution >= 0.6 is 24.8 Å². The lowest BCUT2D eigenvalue weighted by molar-refractivity contribution is 0.182. The van der Waals surface area contributed by atoms with Crippen molar-refractivity contribution in [3.05, 3.63) is 47.7 Å². The lowest BCUT2D eigenvalue weighted by Gasteiger charge is -2.32. The van der Waals surface area contributed by atoms with Crippen LogP contribution in [0.25, 0.3) is 10.8 Å². The summed E-state index contributed by atoms with van der Waals surface area (Å²) in [6, 6.07) is 12.3. The molecule has 1 aliphatic heterocycles. The van der Waals surface area contributed by atoms with Crippen molar-refractivity contribution >= 4 is 41.4 Å². The van der Waals surface area contributed by atoms with Gasteiger partial charge in [-0.15, -0.1) is 29.9 Å². The van der Waals surface area contributed by atoms with Crippen LogP contribution in [0.1, 0.15) is 30.5 Å². The largest absolute Gasteiger partial charge is 0.497 e. The number of aliphatic hydroxyl groups is 1. The zero-order valence-corrected chi connectivity index (χ0v) is 23.8. The Kier molecular flexibility index (Phi) is 13.1. The molecule has 1 fully saturated rings. The maximum Gasteiger partial charge on any atom is 0.161 e. The van der Waals surface area contributed by atoms with Gasteiger partial charge in [-0.05, 0) is 48.7 Å². The fourth-order valence-corrected chi connectivity index (χ4v) is 4.53. The first-order valence-electron chi connectivity index (χ1n) is 12.4. The first-order chi connectivity index (χ1) is 17.6. The lowest BCUT2D eigenvalue weighted by atomic mass is 10.0. The number of aromatic nitrogens is 2. The van der Waals surface area contributed by atoms with E-state index in [4.69, 9.17) is 24.1 Å². The predicted molar refractivity (Wildman–Crippen MR) is 153 cm³/mol. The molecule has 210 valence electrons. The van der Waals surface area contributed by atoms with Gasteiger partial charge in [-0.3, -0.25) is 4.90 Å². The molecule has 38 heavy (non-hydrogen) atoms. The highest BCUT2D eigenvalue weighted by Gasteiger charge is 2.21. The van der Waals surface area contributed by atoms with Crippen molar-refractivity contribution in [2.75, 3.05) is 52.9 Å². The molecule has 0 spiro atoms. The molecule has 0 amide bonds. The topological polar surface area (TPSA) is 98.2 Å². The maximum atomic E-state index is 8.96. The highest BCUT2D eigenvalue weighted by atomic mass is 35.5. The van der Waals surface area contributed by atoms with Gasteiger partial charge in [0.25, 0.3) is 0 Å². The van der Waals surface area contributed by atoms with E-state index >= 15 is 0 Å². The Morgan fingerprint density at radius 1 is 0.947 bits per heavy atom. The Bertz CT molecular complexity index is 1150. The zero-order valence-electron chi connectivity index (χ0n) is 22.1. The monoisotopic (exact) mass is 568 g/mol. The number of aliphatic hydroxyl groups excluding tert-OH is 1. The summed E-state index contributed by atoms with van der Waals surface area (Å²) in [5.41, 5.74) is 2.00. The van der Waals surface area contributed by atoms with Crippen molar-refractivity contribution in [1.82, 2.24) is 15.1 Å². The van der Waals surface area contributed by atoms with Crippen LogP contribution in [0, 0.1) is 0 Å². The van der Waals surface area contributed by atoms with Gasteiger partial charge in [0, 0.05) is 56.6 Å².